The van der Waals surface area contributed by atoms with Crippen molar-refractivity contribution in [2.45, 2.75) is 53.9 Å². The first-order chi connectivity index (χ1) is 16.8. The number of hydrogen-bond acceptors (Lipinski definition) is 6. The summed E-state index contributed by atoms with van der Waals surface area (Å²) in [7, 11) is 0. The van der Waals surface area contributed by atoms with Crippen LogP contribution < -0.4 is 5.32 Å². The van der Waals surface area contributed by atoms with Crippen molar-refractivity contribution in [1.82, 2.24) is 5.32 Å². The highest BCUT2D eigenvalue weighted by atomic mass is 16.2. The minimum absolute atomic E-state index is 0.137. The number of hydrogen-bond donors (Lipinski definition) is 2. The fourth-order valence-corrected chi connectivity index (χ4v) is 5.75. The maximum Gasteiger partial charge on any atom is 0.169 e. The largest absolute Gasteiger partial charge is 0.515 e. The summed E-state index contributed by atoms with van der Waals surface area (Å²) in [5.41, 5.74) is 13.6. The third-order valence-electron chi connectivity index (χ3n) is 7.84. The van der Waals surface area contributed by atoms with Crippen LogP contribution in [0.3, 0.4) is 0 Å². The highest BCUT2D eigenvalue weighted by molar-refractivity contribution is 6.38. The van der Waals surface area contributed by atoms with Crippen LogP contribution in [0.2, 0.25) is 0 Å². The van der Waals surface area contributed by atoms with Gasteiger partial charge in [-0.05, 0) is 74.1 Å². The number of allylic oxidation sites excluding steroid dienone is 12. The molecule has 1 saturated carbocycles. The molecule has 0 amide bonds. The van der Waals surface area contributed by atoms with E-state index in [4.69, 9.17) is 15.0 Å². The number of aliphatic imine (C=N–C) groups is 3. The van der Waals surface area contributed by atoms with Crippen molar-refractivity contribution in [3.05, 3.63) is 92.0 Å². The van der Waals surface area contributed by atoms with Crippen LogP contribution in [0.4, 0.5) is 0 Å². The van der Waals surface area contributed by atoms with E-state index in [1.165, 1.54) is 0 Å². The van der Waals surface area contributed by atoms with Gasteiger partial charge in [-0.25, -0.2) is 15.0 Å². The third kappa shape index (κ3) is 3.09. The van der Waals surface area contributed by atoms with Crippen LogP contribution >= 0.6 is 0 Å². The predicted molar refractivity (Wildman–Crippen MR) is 139 cm³/mol. The molecular formula is C29H28N4O2. The highest BCUT2D eigenvalue weighted by Crippen LogP contribution is 2.42. The molecule has 0 aromatic rings. The number of rotatable bonds is 1. The van der Waals surface area contributed by atoms with Gasteiger partial charge >= 0.3 is 0 Å². The summed E-state index contributed by atoms with van der Waals surface area (Å²) in [4.78, 5) is 27.9. The molecule has 6 aliphatic rings. The maximum absolute atomic E-state index is 13.1. The monoisotopic (exact) mass is 464 g/mol. The second kappa shape index (κ2) is 7.60. The molecule has 1 aliphatic carbocycles. The molecule has 5 heterocycles. The lowest BCUT2D eigenvalue weighted by Gasteiger charge is -2.06. The fraction of sp³-hybridized carbons (Fsp3) is 0.310. The van der Waals surface area contributed by atoms with E-state index >= 15 is 0 Å². The molecule has 2 N–H and O–H groups in total. The predicted octanol–water partition coefficient (Wildman–Crippen LogP) is 5.63. The highest BCUT2D eigenvalue weighted by Gasteiger charge is 2.39. The average Bonchev–Trinajstić information content (AvgIpc) is 3.58. The van der Waals surface area contributed by atoms with E-state index in [2.05, 4.69) is 32.2 Å². The van der Waals surface area contributed by atoms with Gasteiger partial charge < -0.3 is 10.4 Å². The molecule has 5 aliphatic heterocycles. The second-order valence-corrected chi connectivity index (χ2v) is 9.91. The first-order valence-electron chi connectivity index (χ1n) is 12.2. The zero-order valence-electron chi connectivity index (χ0n) is 20.7. The van der Waals surface area contributed by atoms with Gasteiger partial charge in [0.2, 0.25) is 0 Å². The number of carbonyl (C=O) groups excluding carboxylic acids is 1. The molecule has 0 spiro atoms. The van der Waals surface area contributed by atoms with E-state index in [9.17, 15) is 9.90 Å². The Morgan fingerprint density at radius 1 is 1.03 bits per heavy atom. The number of fused-ring (bicyclic) bond motifs is 5. The lowest BCUT2D eigenvalue weighted by molar-refractivity contribution is -0.114. The van der Waals surface area contributed by atoms with Gasteiger partial charge in [0.25, 0.3) is 0 Å². The molecule has 1 atom stereocenters. The summed E-state index contributed by atoms with van der Waals surface area (Å²) in [6.07, 6.45) is 9.22. The fourth-order valence-electron chi connectivity index (χ4n) is 5.75. The molecule has 6 heteroatoms. The molecule has 176 valence electrons. The van der Waals surface area contributed by atoms with Crippen molar-refractivity contribution in [2.24, 2.45) is 20.9 Å². The molecular weight excluding hydrogens is 436 g/mol. The number of carbonyl (C=O) groups is 1. The van der Waals surface area contributed by atoms with E-state index in [0.717, 1.165) is 92.5 Å². The van der Waals surface area contributed by atoms with Gasteiger partial charge in [-0.2, -0.15) is 0 Å². The van der Waals surface area contributed by atoms with Gasteiger partial charge in [0.05, 0.1) is 40.5 Å². The average molecular weight is 465 g/mol. The van der Waals surface area contributed by atoms with Crippen LogP contribution in [0.1, 0.15) is 53.9 Å². The van der Waals surface area contributed by atoms with Crippen molar-refractivity contribution in [1.29, 1.82) is 0 Å². The lowest BCUT2D eigenvalue weighted by Crippen LogP contribution is -2.09. The van der Waals surface area contributed by atoms with Crippen molar-refractivity contribution in [2.75, 3.05) is 0 Å². The standard InChI is InChI=1S/C29H28N4O2/c1-6-17-14(3)22-10-26-19(12-34)15(4)21(32-26)9-20-13(2)7-24(30-20)18-8-27(35)28-16(5)23(33-29(18)28)11-25(17)31-22/h9-13,30,34H,6-8H2,1-5H3/t13-/m0/s1. The van der Waals surface area contributed by atoms with Crippen LogP contribution in [0.25, 0.3) is 0 Å². The summed E-state index contributed by atoms with van der Waals surface area (Å²) in [5.74, 6) is 0.394. The Balaban J connectivity index is 1.63. The molecule has 2 fully saturated rings. The Bertz CT molecular complexity index is 1490. The smallest absolute Gasteiger partial charge is 0.169 e. The Morgan fingerprint density at radius 2 is 1.77 bits per heavy atom. The van der Waals surface area contributed by atoms with Gasteiger partial charge in [0.15, 0.2) is 5.78 Å². The third-order valence-corrected chi connectivity index (χ3v) is 7.84. The van der Waals surface area contributed by atoms with Crippen LogP contribution in [-0.2, 0) is 4.79 Å². The number of aliphatic hydroxyl groups excluding tert-OH is 1. The normalized spacial score (nSPS) is 26.5. The Morgan fingerprint density at radius 3 is 2.51 bits per heavy atom. The molecule has 0 aromatic carbocycles. The summed E-state index contributed by atoms with van der Waals surface area (Å²) in [6.45, 7) is 10.3. The zero-order chi connectivity index (χ0) is 24.6. The molecule has 0 aromatic heterocycles. The van der Waals surface area contributed by atoms with Crippen LogP contribution in [0.15, 0.2) is 107 Å². The molecule has 0 unspecified atom stereocenters. The Hall–Kier alpha value is -3.80. The van der Waals surface area contributed by atoms with Crippen LogP contribution in [-0.4, -0.2) is 28.0 Å². The maximum atomic E-state index is 13.1. The van der Waals surface area contributed by atoms with E-state index in [1.54, 1.807) is 0 Å². The number of ketones is 1. The van der Waals surface area contributed by atoms with Gasteiger partial charge in [0.1, 0.15) is 0 Å². The summed E-state index contributed by atoms with van der Waals surface area (Å²) < 4.78 is 0. The van der Waals surface area contributed by atoms with Gasteiger partial charge in [-0.15, -0.1) is 0 Å². The molecule has 35 heavy (non-hydrogen) atoms. The molecule has 6 rings (SSSR count). The molecule has 8 bridgehead atoms. The Kier molecular flexibility index (Phi) is 4.72. The van der Waals surface area contributed by atoms with E-state index in [-0.39, 0.29) is 11.7 Å². The van der Waals surface area contributed by atoms with E-state index in [1.807, 2.05) is 26.0 Å². The number of aliphatic hydroxyl groups is 1. The van der Waals surface area contributed by atoms with Crippen LogP contribution in [0.5, 0.6) is 0 Å². The zero-order valence-corrected chi connectivity index (χ0v) is 20.7. The topological polar surface area (TPSA) is 86.4 Å². The summed E-state index contributed by atoms with van der Waals surface area (Å²) in [6, 6.07) is 0. The van der Waals surface area contributed by atoms with Crippen molar-refractivity contribution < 1.29 is 9.90 Å². The first kappa shape index (κ1) is 21.7. The Labute approximate surface area is 205 Å². The quantitative estimate of drug-likeness (QED) is 0.493. The van der Waals surface area contributed by atoms with Crippen LogP contribution in [0, 0.1) is 5.92 Å². The molecule has 6 nitrogen and oxygen atoms in total. The molecule has 1 saturated heterocycles. The summed E-state index contributed by atoms with van der Waals surface area (Å²) in [5, 5.41) is 13.6. The summed E-state index contributed by atoms with van der Waals surface area (Å²) >= 11 is 0. The van der Waals surface area contributed by atoms with Gasteiger partial charge in [-0.1, -0.05) is 13.8 Å². The molecule has 0 radical (unpaired) electrons. The SMILES string of the molecule is CCC1=C(C)C2=CC3=NC(=C(C)C3=CO)C=C3NC(=C4CC(=O)C5=C(C)C(=CC1=N2)N=C45)C[C@@H]3C. The minimum Gasteiger partial charge on any atom is -0.515 e. The number of nitrogens with one attached hydrogen (secondary N) is 1. The minimum atomic E-state index is 0.137. The lowest BCUT2D eigenvalue weighted by atomic mass is 9.99. The van der Waals surface area contributed by atoms with E-state index in [0.29, 0.717) is 17.7 Å². The van der Waals surface area contributed by atoms with E-state index < -0.39 is 0 Å². The number of nitrogens with zero attached hydrogens (tertiary/aromatic N) is 3. The van der Waals surface area contributed by atoms with Gasteiger partial charge in [-0.3, -0.25) is 4.79 Å². The second-order valence-electron chi connectivity index (χ2n) is 9.91. The van der Waals surface area contributed by atoms with Crippen molar-refractivity contribution in [3.8, 4) is 0 Å². The van der Waals surface area contributed by atoms with Crippen molar-refractivity contribution >= 4 is 22.9 Å². The van der Waals surface area contributed by atoms with Crippen molar-refractivity contribution in [3.63, 3.8) is 0 Å². The van der Waals surface area contributed by atoms with Gasteiger partial charge in [0, 0.05) is 40.5 Å². The number of Topliss-reactive ketones (excluding diaryl/α,β-unsaturated/α-hetero) is 1. The first-order valence-corrected chi connectivity index (χ1v) is 12.2.